The van der Waals surface area contributed by atoms with E-state index in [0.717, 1.165) is 15.9 Å². The van der Waals surface area contributed by atoms with Crippen LogP contribution in [0, 0.1) is 0 Å². The maximum Gasteiger partial charge on any atom is 0.234 e. The molecule has 3 rings (SSSR count). The highest BCUT2D eigenvalue weighted by molar-refractivity contribution is 8.00. The summed E-state index contributed by atoms with van der Waals surface area (Å²) in [5, 5.41) is 4.97. The first kappa shape index (κ1) is 16.5. The van der Waals surface area contributed by atoms with Crippen molar-refractivity contribution in [3.05, 3.63) is 53.8 Å². The van der Waals surface area contributed by atoms with Crippen LogP contribution in [0.5, 0.6) is 5.75 Å². The van der Waals surface area contributed by atoms with Crippen molar-refractivity contribution in [2.75, 3.05) is 18.2 Å². The zero-order valence-electron chi connectivity index (χ0n) is 12.8. The fourth-order valence-corrected chi connectivity index (χ4v) is 3.22. The fourth-order valence-electron chi connectivity index (χ4n) is 2.17. The number of halogens is 1. The standard InChI is InChI=1S/C17H14ClN3O2S/c1-23-15-7-6-11(8-13(15)18)21-16(22)9-24-17-12-4-2-3-5-14(12)19-10-20-17/h2-8,10H,9H2,1H3,(H,21,22). The highest BCUT2D eigenvalue weighted by Gasteiger charge is 2.09. The molecule has 3 aromatic rings. The number of thioether (sulfide) groups is 1. The average molecular weight is 360 g/mol. The number of rotatable bonds is 5. The third-order valence-electron chi connectivity index (χ3n) is 3.28. The Morgan fingerprint density at radius 3 is 2.88 bits per heavy atom. The Bertz CT molecular complexity index is 883. The molecule has 1 N–H and O–H groups in total. The van der Waals surface area contributed by atoms with Gasteiger partial charge < -0.3 is 10.1 Å². The molecule has 0 aliphatic carbocycles. The van der Waals surface area contributed by atoms with Gasteiger partial charge in [0.2, 0.25) is 5.91 Å². The van der Waals surface area contributed by atoms with Crippen molar-refractivity contribution in [1.29, 1.82) is 0 Å². The molecule has 0 bridgehead atoms. The summed E-state index contributed by atoms with van der Waals surface area (Å²) in [6.45, 7) is 0. The summed E-state index contributed by atoms with van der Waals surface area (Å²) >= 11 is 7.42. The van der Waals surface area contributed by atoms with Crippen LogP contribution in [0.25, 0.3) is 10.9 Å². The van der Waals surface area contributed by atoms with Crippen LogP contribution in [0.1, 0.15) is 0 Å². The molecule has 0 aliphatic heterocycles. The Labute approximate surface area is 148 Å². The summed E-state index contributed by atoms with van der Waals surface area (Å²) in [7, 11) is 1.54. The van der Waals surface area contributed by atoms with E-state index in [4.69, 9.17) is 16.3 Å². The Morgan fingerprint density at radius 1 is 1.25 bits per heavy atom. The van der Waals surface area contributed by atoms with E-state index < -0.39 is 0 Å². The van der Waals surface area contributed by atoms with Gasteiger partial charge in [-0.05, 0) is 24.3 Å². The van der Waals surface area contributed by atoms with Crippen molar-refractivity contribution in [3.63, 3.8) is 0 Å². The summed E-state index contributed by atoms with van der Waals surface area (Å²) in [6, 6.07) is 12.8. The lowest BCUT2D eigenvalue weighted by Crippen LogP contribution is -2.14. The van der Waals surface area contributed by atoms with Crippen molar-refractivity contribution in [2.45, 2.75) is 5.03 Å². The second-order valence-corrected chi connectivity index (χ2v) is 6.25. The molecular weight excluding hydrogens is 346 g/mol. The first-order valence-corrected chi connectivity index (χ1v) is 8.49. The minimum Gasteiger partial charge on any atom is -0.495 e. The molecule has 1 aromatic heterocycles. The number of para-hydroxylation sites is 1. The number of ether oxygens (including phenoxy) is 1. The number of carbonyl (C=O) groups excluding carboxylic acids is 1. The first-order valence-electron chi connectivity index (χ1n) is 7.13. The van der Waals surface area contributed by atoms with Crippen LogP contribution in [0.4, 0.5) is 5.69 Å². The number of nitrogens with zero attached hydrogens (tertiary/aromatic N) is 2. The van der Waals surface area contributed by atoms with Crippen LogP contribution < -0.4 is 10.1 Å². The number of amides is 1. The first-order chi connectivity index (χ1) is 11.7. The predicted octanol–water partition coefficient (Wildman–Crippen LogP) is 4.02. The maximum absolute atomic E-state index is 12.1. The topological polar surface area (TPSA) is 64.1 Å². The molecule has 0 unspecified atom stereocenters. The molecule has 5 nitrogen and oxygen atoms in total. The molecule has 0 fully saturated rings. The van der Waals surface area contributed by atoms with Gasteiger partial charge in [-0.15, -0.1) is 0 Å². The van der Waals surface area contributed by atoms with Gasteiger partial charge in [0.25, 0.3) is 0 Å². The van der Waals surface area contributed by atoms with E-state index in [0.29, 0.717) is 16.5 Å². The summed E-state index contributed by atoms with van der Waals surface area (Å²) < 4.78 is 5.09. The molecule has 0 radical (unpaired) electrons. The van der Waals surface area contributed by atoms with Crippen molar-refractivity contribution in [3.8, 4) is 5.75 Å². The largest absolute Gasteiger partial charge is 0.495 e. The number of hydrogen-bond acceptors (Lipinski definition) is 5. The van der Waals surface area contributed by atoms with Gasteiger partial charge in [0, 0.05) is 11.1 Å². The monoisotopic (exact) mass is 359 g/mol. The molecule has 1 heterocycles. The minimum absolute atomic E-state index is 0.135. The number of aromatic nitrogens is 2. The second-order valence-electron chi connectivity index (χ2n) is 4.88. The van der Waals surface area contributed by atoms with E-state index in [1.807, 2.05) is 24.3 Å². The fraction of sp³-hybridized carbons (Fsp3) is 0.118. The molecule has 0 atom stereocenters. The number of benzene rings is 2. The Kier molecular flexibility index (Phi) is 5.17. The Balaban J connectivity index is 1.66. The number of hydrogen-bond donors (Lipinski definition) is 1. The smallest absolute Gasteiger partial charge is 0.234 e. The van der Waals surface area contributed by atoms with Gasteiger partial charge in [-0.1, -0.05) is 41.6 Å². The normalized spacial score (nSPS) is 10.6. The number of anilines is 1. The van der Waals surface area contributed by atoms with Crippen LogP contribution >= 0.6 is 23.4 Å². The molecule has 24 heavy (non-hydrogen) atoms. The molecule has 122 valence electrons. The average Bonchev–Trinajstić information content (AvgIpc) is 2.60. The van der Waals surface area contributed by atoms with Crippen LogP contribution in [-0.4, -0.2) is 28.7 Å². The Hall–Kier alpha value is -2.31. The van der Waals surface area contributed by atoms with Crippen LogP contribution in [0.15, 0.2) is 53.8 Å². The summed E-state index contributed by atoms with van der Waals surface area (Å²) in [4.78, 5) is 20.6. The maximum atomic E-state index is 12.1. The Morgan fingerprint density at radius 2 is 2.08 bits per heavy atom. The summed E-state index contributed by atoms with van der Waals surface area (Å²) in [5.74, 6) is 0.672. The molecule has 1 amide bonds. The van der Waals surface area contributed by atoms with Gasteiger partial charge >= 0.3 is 0 Å². The number of carbonyl (C=O) groups is 1. The van der Waals surface area contributed by atoms with Crippen molar-refractivity contribution < 1.29 is 9.53 Å². The van der Waals surface area contributed by atoms with E-state index in [1.165, 1.54) is 18.1 Å². The molecular formula is C17H14ClN3O2S. The van der Waals surface area contributed by atoms with Crippen molar-refractivity contribution in [1.82, 2.24) is 9.97 Å². The SMILES string of the molecule is COc1ccc(NC(=O)CSc2ncnc3ccccc23)cc1Cl. The molecule has 0 saturated carbocycles. The van der Waals surface area contributed by atoms with E-state index in [-0.39, 0.29) is 11.7 Å². The number of fused-ring (bicyclic) bond motifs is 1. The lowest BCUT2D eigenvalue weighted by Gasteiger charge is -2.08. The molecule has 0 saturated heterocycles. The molecule has 7 heteroatoms. The number of methoxy groups -OCH3 is 1. The van der Waals surface area contributed by atoms with Gasteiger partial charge in [-0.25, -0.2) is 9.97 Å². The lowest BCUT2D eigenvalue weighted by molar-refractivity contribution is -0.113. The van der Waals surface area contributed by atoms with E-state index >= 15 is 0 Å². The van der Waals surface area contributed by atoms with E-state index in [9.17, 15) is 4.79 Å². The summed E-state index contributed by atoms with van der Waals surface area (Å²) in [5.41, 5.74) is 1.48. The quantitative estimate of drug-likeness (QED) is 0.550. The van der Waals surface area contributed by atoms with Crippen molar-refractivity contribution in [2.24, 2.45) is 0 Å². The zero-order valence-corrected chi connectivity index (χ0v) is 14.4. The minimum atomic E-state index is -0.135. The van der Waals surface area contributed by atoms with Crippen LogP contribution in [0.2, 0.25) is 5.02 Å². The third kappa shape index (κ3) is 3.77. The number of nitrogens with one attached hydrogen (secondary N) is 1. The molecule has 2 aromatic carbocycles. The predicted molar refractivity (Wildman–Crippen MR) is 96.9 cm³/mol. The van der Waals surface area contributed by atoms with Crippen LogP contribution in [-0.2, 0) is 4.79 Å². The highest BCUT2D eigenvalue weighted by Crippen LogP contribution is 2.28. The molecule has 0 spiro atoms. The van der Waals surface area contributed by atoms with Gasteiger partial charge in [0.05, 0.1) is 23.4 Å². The van der Waals surface area contributed by atoms with E-state index in [1.54, 1.807) is 25.3 Å². The van der Waals surface area contributed by atoms with Crippen LogP contribution in [0.3, 0.4) is 0 Å². The van der Waals surface area contributed by atoms with E-state index in [2.05, 4.69) is 15.3 Å². The van der Waals surface area contributed by atoms with Gasteiger partial charge in [0.15, 0.2) is 0 Å². The van der Waals surface area contributed by atoms with Gasteiger partial charge in [-0.2, -0.15) is 0 Å². The lowest BCUT2D eigenvalue weighted by atomic mass is 10.2. The van der Waals surface area contributed by atoms with Gasteiger partial charge in [0.1, 0.15) is 17.1 Å². The van der Waals surface area contributed by atoms with Crippen molar-refractivity contribution >= 4 is 45.9 Å². The summed E-state index contributed by atoms with van der Waals surface area (Å²) in [6.07, 6.45) is 1.51. The van der Waals surface area contributed by atoms with Gasteiger partial charge in [-0.3, -0.25) is 4.79 Å². The zero-order chi connectivity index (χ0) is 16.9. The third-order valence-corrected chi connectivity index (χ3v) is 4.58. The second kappa shape index (κ2) is 7.51. The molecule has 0 aliphatic rings. The highest BCUT2D eigenvalue weighted by atomic mass is 35.5.